The quantitative estimate of drug-likeness (QED) is 0.735. The van der Waals surface area contributed by atoms with Crippen molar-refractivity contribution in [2.75, 3.05) is 0 Å². The normalized spacial score (nSPS) is 17.0. The van der Waals surface area contributed by atoms with Crippen LogP contribution in [0.1, 0.15) is 37.7 Å². The summed E-state index contributed by atoms with van der Waals surface area (Å²) in [6.07, 6.45) is 6.52. The van der Waals surface area contributed by atoms with Gasteiger partial charge in [0.1, 0.15) is 5.75 Å². The predicted octanol–water partition coefficient (Wildman–Crippen LogP) is 3.27. The molecule has 0 amide bonds. The molecule has 78 valence electrons. The molecule has 1 aromatic rings. The minimum atomic E-state index is 0.354. The molecule has 1 aliphatic carbocycles. The van der Waals surface area contributed by atoms with Gasteiger partial charge in [0.15, 0.2) is 0 Å². The molecule has 0 heterocycles. The lowest BCUT2D eigenvalue weighted by Crippen LogP contribution is -2.19. The summed E-state index contributed by atoms with van der Waals surface area (Å²) in [6.45, 7) is 0. The summed E-state index contributed by atoms with van der Waals surface area (Å²) < 4.78 is 5.85. The smallest absolute Gasteiger partial charge is 0.121 e. The Kier molecular flexibility index (Phi) is 3.24. The second kappa shape index (κ2) is 4.84. The zero-order valence-corrected chi connectivity index (χ0v) is 8.78. The first-order valence-electron chi connectivity index (χ1n) is 5.55. The molecule has 0 aromatic heterocycles. The molecule has 0 aliphatic heterocycles. The molecular formula is C13H15NO. The molecule has 1 aromatic carbocycles. The van der Waals surface area contributed by atoms with Gasteiger partial charge >= 0.3 is 0 Å². The maximum absolute atomic E-state index is 8.76. The van der Waals surface area contributed by atoms with Gasteiger partial charge < -0.3 is 4.74 Å². The lowest BCUT2D eigenvalue weighted by molar-refractivity contribution is 0.155. The van der Waals surface area contributed by atoms with Crippen molar-refractivity contribution < 1.29 is 4.74 Å². The van der Waals surface area contributed by atoms with Gasteiger partial charge in [0, 0.05) is 0 Å². The summed E-state index contributed by atoms with van der Waals surface area (Å²) in [5.74, 6) is 0.834. The maximum Gasteiger partial charge on any atom is 0.121 e. The second-order valence-electron chi connectivity index (χ2n) is 4.02. The van der Waals surface area contributed by atoms with Crippen LogP contribution in [0.15, 0.2) is 24.3 Å². The van der Waals surface area contributed by atoms with E-state index in [4.69, 9.17) is 10.00 Å². The molecule has 0 bridgehead atoms. The van der Waals surface area contributed by atoms with E-state index in [1.165, 1.54) is 19.3 Å². The van der Waals surface area contributed by atoms with E-state index in [0.717, 1.165) is 18.6 Å². The number of hydrogen-bond donors (Lipinski definition) is 0. The van der Waals surface area contributed by atoms with Gasteiger partial charge in [-0.3, -0.25) is 0 Å². The first-order valence-corrected chi connectivity index (χ1v) is 5.55. The molecule has 0 atom stereocenters. The lowest BCUT2D eigenvalue weighted by Gasteiger charge is -2.22. The number of hydrogen-bond acceptors (Lipinski definition) is 2. The van der Waals surface area contributed by atoms with Gasteiger partial charge in [0.25, 0.3) is 0 Å². The van der Waals surface area contributed by atoms with Crippen LogP contribution >= 0.6 is 0 Å². The highest BCUT2D eigenvalue weighted by atomic mass is 16.5. The molecule has 1 fully saturated rings. The second-order valence-corrected chi connectivity index (χ2v) is 4.02. The number of rotatable bonds is 2. The van der Waals surface area contributed by atoms with E-state index >= 15 is 0 Å². The van der Waals surface area contributed by atoms with E-state index in [1.54, 1.807) is 6.07 Å². The third kappa shape index (κ3) is 2.73. The van der Waals surface area contributed by atoms with Crippen LogP contribution in [-0.2, 0) is 0 Å². The standard InChI is InChI=1S/C13H15NO/c14-10-11-5-4-8-13(9-11)15-12-6-2-1-3-7-12/h4-5,8-9,12H,1-3,6-7H2. The topological polar surface area (TPSA) is 33.0 Å². The van der Waals surface area contributed by atoms with E-state index in [0.29, 0.717) is 11.7 Å². The van der Waals surface area contributed by atoms with Crippen LogP contribution in [0.3, 0.4) is 0 Å². The van der Waals surface area contributed by atoms with Crippen LogP contribution < -0.4 is 4.74 Å². The first kappa shape index (κ1) is 10.0. The Balaban J connectivity index is 2.00. The maximum atomic E-state index is 8.76. The Morgan fingerprint density at radius 1 is 1.20 bits per heavy atom. The van der Waals surface area contributed by atoms with Crippen molar-refractivity contribution in [3.63, 3.8) is 0 Å². The van der Waals surface area contributed by atoms with E-state index < -0.39 is 0 Å². The largest absolute Gasteiger partial charge is 0.490 e. The summed E-state index contributed by atoms with van der Waals surface area (Å²) in [7, 11) is 0. The summed E-state index contributed by atoms with van der Waals surface area (Å²) >= 11 is 0. The summed E-state index contributed by atoms with van der Waals surface area (Å²) in [5, 5.41) is 8.76. The Morgan fingerprint density at radius 2 is 2.00 bits per heavy atom. The minimum Gasteiger partial charge on any atom is -0.490 e. The Bertz CT molecular complexity index is 361. The van der Waals surface area contributed by atoms with Gasteiger partial charge in [-0.25, -0.2) is 0 Å². The molecule has 0 radical (unpaired) electrons. The summed E-state index contributed by atoms with van der Waals surface area (Å²) in [4.78, 5) is 0. The highest BCUT2D eigenvalue weighted by molar-refractivity contribution is 5.36. The molecule has 2 heteroatoms. The van der Waals surface area contributed by atoms with Crippen LogP contribution in [0.5, 0.6) is 5.75 Å². The predicted molar refractivity (Wildman–Crippen MR) is 58.7 cm³/mol. The van der Waals surface area contributed by atoms with E-state index in [9.17, 15) is 0 Å². The SMILES string of the molecule is N#Cc1cccc(OC2CCCCC2)c1. The van der Waals surface area contributed by atoms with Crippen LogP contribution in [0.25, 0.3) is 0 Å². The molecule has 2 nitrogen and oxygen atoms in total. The molecular weight excluding hydrogens is 186 g/mol. The molecule has 0 saturated heterocycles. The number of benzene rings is 1. The molecule has 0 N–H and O–H groups in total. The van der Waals surface area contributed by atoms with Gasteiger partial charge in [-0.15, -0.1) is 0 Å². The molecule has 1 saturated carbocycles. The van der Waals surface area contributed by atoms with Crippen molar-refractivity contribution in [2.24, 2.45) is 0 Å². The zero-order valence-electron chi connectivity index (χ0n) is 8.78. The Hall–Kier alpha value is -1.49. The Morgan fingerprint density at radius 3 is 2.73 bits per heavy atom. The fraction of sp³-hybridized carbons (Fsp3) is 0.462. The van der Waals surface area contributed by atoms with E-state index in [1.807, 2.05) is 18.2 Å². The number of ether oxygens (including phenoxy) is 1. The summed E-state index contributed by atoms with van der Waals surface area (Å²) in [6, 6.07) is 9.54. The third-order valence-corrected chi connectivity index (χ3v) is 2.82. The average molecular weight is 201 g/mol. The van der Waals surface area contributed by atoms with Gasteiger partial charge in [-0.2, -0.15) is 5.26 Å². The van der Waals surface area contributed by atoms with Crippen molar-refractivity contribution in [1.29, 1.82) is 5.26 Å². The average Bonchev–Trinajstić information content (AvgIpc) is 2.31. The van der Waals surface area contributed by atoms with Crippen molar-refractivity contribution in [1.82, 2.24) is 0 Å². The van der Waals surface area contributed by atoms with Gasteiger partial charge in [-0.1, -0.05) is 12.5 Å². The van der Waals surface area contributed by atoms with Crippen molar-refractivity contribution >= 4 is 0 Å². The van der Waals surface area contributed by atoms with Crippen LogP contribution in [0.2, 0.25) is 0 Å². The minimum absolute atomic E-state index is 0.354. The Labute approximate surface area is 90.5 Å². The monoisotopic (exact) mass is 201 g/mol. The molecule has 15 heavy (non-hydrogen) atoms. The first-order chi connectivity index (χ1) is 7.38. The van der Waals surface area contributed by atoms with E-state index in [-0.39, 0.29) is 0 Å². The fourth-order valence-corrected chi connectivity index (χ4v) is 2.01. The van der Waals surface area contributed by atoms with Crippen molar-refractivity contribution in [3.05, 3.63) is 29.8 Å². The van der Waals surface area contributed by atoms with Crippen LogP contribution in [0.4, 0.5) is 0 Å². The highest BCUT2D eigenvalue weighted by Crippen LogP contribution is 2.23. The van der Waals surface area contributed by atoms with Gasteiger partial charge in [0.05, 0.1) is 17.7 Å². The van der Waals surface area contributed by atoms with Crippen molar-refractivity contribution in [3.8, 4) is 11.8 Å². The fourth-order valence-electron chi connectivity index (χ4n) is 2.01. The number of nitrogens with zero attached hydrogens (tertiary/aromatic N) is 1. The zero-order chi connectivity index (χ0) is 10.5. The molecule has 2 rings (SSSR count). The van der Waals surface area contributed by atoms with Crippen LogP contribution in [-0.4, -0.2) is 6.10 Å². The van der Waals surface area contributed by atoms with Gasteiger partial charge in [0.2, 0.25) is 0 Å². The molecule has 0 spiro atoms. The lowest BCUT2D eigenvalue weighted by atomic mass is 9.98. The molecule has 0 unspecified atom stereocenters. The third-order valence-electron chi connectivity index (χ3n) is 2.82. The van der Waals surface area contributed by atoms with Crippen molar-refractivity contribution in [2.45, 2.75) is 38.2 Å². The van der Waals surface area contributed by atoms with Gasteiger partial charge in [-0.05, 0) is 43.9 Å². The van der Waals surface area contributed by atoms with Crippen LogP contribution in [0, 0.1) is 11.3 Å². The molecule has 1 aliphatic rings. The highest BCUT2D eigenvalue weighted by Gasteiger charge is 2.14. The summed E-state index contributed by atoms with van der Waals surface area (Å²) in [5.41, 5.74) is 0.670. The van der Waals surface area contributed by atoms with E-state index in [2.05, 4.69) is 6.07 Å². The number of nitriles is 1.